The molecular weight excluding hydrogens is 450 g/mol. The Hall–Kier alpha value is -2.92. The van der Waals surface area contributed by atoms with Gasteiger partial charge in [0.25, 0.3) is 0 Å². The molecule has 8 nitrogen and oxygen atoms in total. The second-order valence-electron chi connectivity index (χ2n) is 6.64. The molecule has 0 aliphatic heterocycles. The predicted molar refractivity (Wildman–Crippen MR) is 102 cm³/mol. The maximum atomic E-state index is 14.6. The van der Waals surface area contributed by atoms with E-state index in [2.05, 4.69) is 31.1 Å². The topological polar surface area (TPSA) is 90.2 Å². The average molecular weight is 465 g/mol. The van der Waals surface area contributed by atoms with Crippen LogP contribution in [0, 0.1) is 11.6 Å². The monoisotopic (exact) mass is 464 g/mol. The molecule has 0 amide bonds. The highest BCUT2D eigenvalue weighted by Gasteiger charge is 2.41. The van der Waals surface area contributed by atoms with Crippen molar-refractivity contribution in [1.29, 1.82) is 0 Å². The highest BCUT2D eigenvalue weighted by Crippen LogP contribution is 2.35. The van der Waals surface area contributed by atoms with Gasteiger partial charge >= 0.3 is 5.69 Å². The van der Waals surface area contributed by atoms with Crippen molar-refractivity contribution in [1.82, 2.24) is 28.9 Å². The van der Waals surface area contributed by atoms with Crippen molar-refractivity contribution in [3.63, 3.8) is 0 Å². The van der Waals surface area contributed by atoms with Crippen molar-refractivity contribution in [2.45, 2.75) is 25.1 Å². The molecule has 0 saturated carbocycles. The van der Waals surface area contributed by atoms with Gasteiger partial charge in [-0.2, -0.15) is 10.2 Å². The van der Waals surface area contributed by atoms with Gasteiger partial charge in [-0.05, 0) is 35.0 Å². The molecule has 3 heterocycles. The summed E-state index contributed by atoms with van der Waals surface area (Å²) in [4.78, 5) is 16.8. The molecule has 1 unspecified atom stereocenters. The van der Waals surface area contributed by atoms with Gasteiger partial charge in [-0.1, -0.05) is 6.07 Å². The van der Waals surface area contributed by atoms with Gasteiger partial charge in [-0.15, -0.1) is 0 Å². The fourth-order valence-corrected chi connectivity index (χ4v) is 3.74. The van der Waals surface area contributed by atoms with Crippen LogP contribution in [0.5, 0.6) is 0 Å². The lowest BCUT2D eigenvalue weighted by molar-refractivity contribution is -0.0390. The zero-order valence-corrected chi connectivity index (χ0v) is 16.7. The van der Waals surface area contributed by atoms with E-state index in [0.29, 0.717) is 16.1 Å². The number of fused-ring (bicyclic) bond motifs is 1. The van der Waals surface area contributed by atoms with Gasteiger partial charge in [0.2, 0.25) is 0 Å². The van der Waals surface area contributed by atoms with Crippen LogP contribution < -0.4 is 5.69 Å². The molecule has 0 spiro atoms. The van der Waals surface area contributed by atoms with Gasteiger partial charge in [0.05, 0.1) is 24.3 Å². The third-order valence-corrected chi connectivity index (χ3v) is 5.29. The van der Waals surface area contributed by atoms with Crippen LogP contribution in [0.15, 0.2) is 58.6 Å². The smallest absolute Gasteiger partial charge is 0.349 e. The average Bonchev–Trinajstić information content (AvgIpc) is 3.30. The molecular formula is C18H15BrF2N6O2. The van der Waals surface area contributed by atoms with Crippen LogP contribution in [0.2, 0.25) is 0 Å². The normalized spacial score (nSPS) is 14.8. The highest BCUT2D eigenvalue weighted by molar-refractivity contribution is 9.10. The number of hydrogen-bond acceptors (Lipinski definition) is 5. The molecule has 0 bridgehead atoms. The molecule has 0 saturated heterocycles. The van der Waals surface area contributed by atoms with Gasteiger partial charge in [-0.3, -0.25) is 4.40 Å². The predicted octanol–water partition coefficient (Wildman–Crippen LogP) is 2.28. The lowest BCUT2D eigenvalue weighted by atomic mass is 9.86. The van der Waals surface area contributed by atoms with E-state index in [1.807, 2.05) is 0 Å². The lowest BCUT2D eigenvalue weighted by Gasteiger charge is -2.34. The van der Waals surface area contributed by atoms with E-state index in [1.165, 1.54) is 34.9 Å². The number of aromatic nitrogens is 6. The number of aliphatic hydroxyl groups is 1. The molecule has 1 aromatic carbocycles. The summed E-state index contributed by atoms with van der Waals surface area (Å²) in [5, 5.41) is 19.7. The molecule has 150 valence electrons. The first-order valence-corrected chi connectivity index (χ1v) is 9.34. The Labute approximate surface area is 171 Å². The highest BCUT2D eigenvalue weighted by atomic mass is 79.9. The van der Waals surface area contributed by atoms with E-state index in [4.69, 9.17) is 0 Å². The number of benzene rings is 1. The van der Waals surface area contributed by atoms with Gasteiger partial charge in [0.1, 0.15) is 29.9 Å². The van der Waals surface area contributed by atoms with Crippen LogP contribution in [0.4, 0.5) is 8.78 Å². The minimum atomic E-state index is -1.99. The van der Waals surface area contributed by atoms with Crippen molar-refractivity contribution in [2.24, 2.45) is 0 Å². The fourth-order valence-electron chi connectivity index (χ4n) is 3.30. The zero-order chi connectivity index (χ0) is 20.8. The second kappa shape index (κ2) is 7.16. The SMILES string of the molecule is C[C@@H](n1ncc2cc(Br)cn2c1=O)C(O)(Cn1cncn1)c1ccc(F)cc1F. The van der Waals surface area contributed by atoms with Crippen LogP contribution in [-0.2, 0) is 12.1 Å². The summed E-state index contributed by atoms with van der Waals surface area (Å²) in [6.45, 7) is 1.29. The molecule has 0 fully saturated rings. The Kier molecular flexibility index (Phi) is 4.79. The fraction of sp³-hybridized carbons (Fsp3) is 0.222. The summed E-state index contributed by atoms with van der Waals surface area (Å²) >= 11 is 3.30. The van der Waals surface area contributed by atoms with Crippen molar-refractivity contribution < 1.29 is 13.9 Å². The van der Waals surface area contributed by atoms with Gasteiger partial charge < -0.3 is 5.11 Å². The maximum Gasteiger partial charge on any atom is 0.349 e. The third-order valence-electron chi connectivity index (χ3n) is 4.86. The molecule has 11 heteroatoms. The zero-order valence-electron chi connectivity index (χ0n) is 15.1. The molecule has 0 radical (unpaired) electrons. The largest absolute Gasteiger partial charge is 0.381 e. The molecule has 1 N–H and O–H groups in total. The number of halogens is 3. The summed E-state index contributed by atoms with van der Waals surface area (Å²) < 4.78 is 32.5. The minimum Gasteiger partial charge on any atom is -0.381 e. The van der Waals surface area contributed by atoms with E-state index < -0.39 is 29.0 Å². The van der Waals surface area contributed by atoms with Crippen molar-refractivity contribution in [2.75, 3.05) is 0 Å². The summed E-state index contributed by atoms with van der Waals surface area (Å²) in [6, 6.07) is 3.54. The molecule has 2 atom stereocenters. The van der Waals surface area contributed by atoms with Gasteiger partial charge in [0, 0.05) is 22.3 Å². The maximum absolute atomic E-state index is 14.6. The number of hydrogen-bond donors (Lipinski definition) is 1. The molecule has 3 aromatic heterocycles. The van der Waals surface area contributed by atoms with E-state index >= 15 is 0 Å². The Morgan fingerprint density at radius 3 is 2.76 bits per heavy atom. The van der Waals surface area contributed by atoms with Crippen molar-refractivity contribution in [3.05, 3.63) is 81.5 Å². The van der Waals surface area contributed by atoms with E-state index in [1.54, 1.807) is 12.3 Å². The molecule has 4 rings (SSSR count). The lowest BCUT2D eigenvalue weighted by Crippen LogP contribution is -2.45. The van der Waals surface area contributed by atoms with Gasteiger partial charge in [-0.25, -0.2) is 27.9 Å². The second-order valence-corrected chi connectivity index (χ2v) is 7.56. The summed E-state index contributed by atoms with van der Waals surface area (Å²) in [5.74, 6) is -1.73. The third kappa shape index (κ3) is 3.36. The minimum absolute atomic E-state index is 0.190. The summed E-state index contributed by atoms with van der Waals surface area (Å²) in [5.41, 5.74) is -2.15. The molecule has 29 heavy (non-hydrogen) atoms. The standard InChI is InChI=1S/C18H15BrF2N6O2/c1-11(27-17(28)26-7-12(19)4-14(26)6-23-27)18(29,8-25-10-22-9-24-25)15-3-2-13(20)5-16(15)21/h2-7,9-11,29H,8H2,1H3/t11-,18?/m1/s1. The van der Waals surface area contributed by atoms with Crippen LogP contribution in [0.25, 0.3) is 5.52 Å². The Balaban J connectivity index is 1.88. The van der Waals surface area contributed by atoms with E-state index in [-0.39, 0.29) is 12.1 Å². The Morgan fingerprint density at radius 1 is 1.28 bits per heavy atom. The summed E-state index contributed by atoms with van der Waals surface area (Å²) in [6.07, 6.45) is 5.64. The van der Waals surface area contributed by atoms with Crippen molar-refractivity contribution in [3.8, 4) is 0 Å². The molecule has 0 aliphatic carbocycles. The first-order valence-electron chi connectivity index (χ1n) is 8.55. The Morgan fingerprint density at radius 2 is 2.07 bits per heavy atom. The molecule has 4 aromatic rings. The number of nitrogens with zero attached hydrogens (tertiary/aromatic N) is 6. The summed E-state index contributed by atoms with van der Waals surface area (Å²) in [7, 11) is 0. The first kappa shape index (κ1) is 19.4. The van der Waals surface area contributed by atoms with Crippen LogP contribution in [0.3, 0.4) is 0 Å². The van der Waals surface area contributed by atoms with E-state index in [9.17, 15) is 18.7 Å². The van der Waals surface area contributed by atoms with Crippen LogP contribution >= 0.6 is 15.9 Å². The number of rotatable bonds is 5. The Bertz CT molecular complexity index is 1240. The quantitative estimate of drug-likeness (QED) is 0.489. The van der Waals surface area contributed by atoms with Crippen LogP contribution in [-0.4, -0.2) is 34.1 Å². The van der Waals surface area contributed by atoms with Gasteiger partial charge in [0.15, 0.2) is 0 Å². The van der Waals surface area contributed by atoms with E-state index in [0.717, 1.165) is 16.8 Å². The van der Waals surface area contributed by atoms with Crippen molar-refractivity contribution >= 4 is 21.4 Å². The van der Waals surface area contributed by atoms with Crippen LogP contribution in [0.1, 0.15) is 18.5 Å². The molecule has 0 aliphatic rings. The first-order chi connectivity index (χ1) is 13.8.